The average molecular weight is 167 g/mol. The van der Waals surface area contributed by atoms with Crippen LogP contribution in [0, 0.1) is 0 Å². The van der Waals surface area contributed by atoms with Crippen molar-refractivity contribution in [3.8, 4) is 0 Å². The van der Waals surface area contributed by atoms with Gasteiger partial charge in [0.1, 0.15) is 0 Å². The Kier molecular flexibility index (Phi) is 2.32. The summed E-state index contributed by atoms with van der Waals surface area (Å²) >= 11 is 0. The van der Waals surface area contributed by atoms with Crippen molar-refractivity contribution in [1.29, 1.82) is 0 Å². The number of nitrogens with one attached hydrogen (secondary N) is 1. The van der Waals surface area contributed by atoms with E-state index in [4.69, 9.17) is 5.11 Å². The van der Waals surface area contributed by atoms with Gasteiger partial charge in [0.25, 0.3) is 0 Å². The van der Waals surface area contributed by atoms with E-state index in [0.717, 1.165) is 0 Å². The molecule has 12 heavy (non-hydrogen) atoms. The number of amides is 1. The second-order valence-corrected chi connectivity index (χ2v) is 1.82. The molecule has 0 saturated heterocycles. The van der Waals surface area contributed by atoms with Gasteiger partial charge < -0.3 is 10.4 Å². The summed E-state index contributed by atoms with van der Waals surface area (Å²) in [5, 5.41) is 10.7. The normalized spacial score (nSPS) is 9.00. The Labute approximate surface area is 67.3 Å². The zero-order chi connectivity index (χ0) is 8.97. The molecule has 0 fully saturated rings. The lowest BCUT2D eigenvalue weighted by Gasteiger charge is -1.99. The van der Waals surface area contributed by atoms with E-state index < -0.39 is 5.97 Å². The van der Waals surface area contributed by atoms with Crippen LogP contribution in [0.3, 0.4) is 0 Å². The van der Waals surface area contributed by atoms with E-state index in [1.54, 1.807) is 0 Å². The molecule has 0 spiro atoms. The molecule has 0 aliphatic carbocycles. The highest BCUT2D eigenvalue weighted by molar-refractivity contribution is 5.92. The van der Waals surface area contributed by atoms with E-state index in [9.17, 15) is 9.59 Å². The van der Waals surface area contributed by atoms with Crippen LogP contribution in [-0.4, -0.2) is 27.5 Å². The monoisotopic (exact) mass is 167 g/mol. The maximum Gasteiger partial charge on any atom is 0.358 e. The Morgan fingerprint density at radius 3 is 2.75 bits per heavy atom. The van der Waals surface area contributed by atoms with Crippen LogP contribution in [0.5, 0.6) is 0 Å². The minimum atomic E-state index is -1.23. The number of anilines is 1. The molecule has 1 amide bonds. The van der Waals surface area contributed by atoms with Crippen molar-refractivity contribution in [3.63, 3.8) is 0 Å². The maximum absolute atomic E-state index is 10.4. The summed E-state index contributed by atoms with van der Waals surface area (Å²) in [7, 11) is 0. The number of aromatic nitrogens is 2. The first kappa shape index (κ1) is 8.12. The Bertz CT molecular complexity index is 313. The number of carboxylic acid groups (broad SMARTS) is 1. The molecule has 6 heteroatoms. The van der Waals surface area contributed by atoms with Crippen molar-refractivity contribution in [2.45, 2.75) is 0 Å². The zero-order valence-electron chi connectivity index (χ0n) is 5.89. The topological polar surface area (TPSA) is 92.2 Å². The molecule has 6 nitrogen and oxygen atoms in total. The molecule has 1 heterocycles. The summed E-state index contributed by atoms with van der Waals surface area (Å²) in [4.78, 5) is 27.5. The van der Waals surface area contributed by atoms with Gasteiger partial charge in [0.05, 0.1) is 0 Å². The van der Waals surface area contributed by atoms with Crippen molar-refractivity contribution in [3.05, 3.63) is 18.1 Å². The number of carbonyl (C=O) groups is 2. The van der Waals surface area contributed by atoms with E-state index >= 15 is 0 Å². The fourth-order valence-corrected chi connectivity index (χ4v) is 0.656. The van der Waals surface area contributed by atoms with Crippen LogP contribution in [-0.2, 0) is 4.79 Å². The third-order valence-electron chi connectivity index (χ3n) is 1.10. The molecule has 0 aliphatic rings. The minimum Gasteiger partial charge on any atom is -0.476 e. The van der Waals surface area contributed by atoms with Gasteiger partial charge in [0.15, 0.2) is 11.5 Å². The van der Waals surface area contributed by atoms with Crippen molar-refractivity contribution in [2.24, 2.45) is 0 Å². The molecule has 2 N–H and O–H groups in total. The molecule has 0 bridgehead atoms. The summed E-state index contributed by atoms with van der Waals surface area (Å²) in [6.45, 7) is 0. The molecule has 0 aliphatic heterocycles. The standard InChI is InChI=1S/C6H5N3O3/c10-3-9-5-4(6(11)12)7-1-2-8-5/h1-3H,(H,11,12)(H,8,9,10). The smallest absolute Gasteiger partial charge is 0.358 e. The summed E-state index contributed by atoms with van der Waals surface area (Å²) in [6.07, 6.45) is 2.87. The largest absolute Gasteiger partial charge is 0.476 e. The van der Waals surface area contributed by atoms with E-state index in [-0.39, 0.29) is 11.5 Å². The lowest BCUT2D eigenvalue weighted by atomic mass is 10.4. The highest BCUT2D eigenvalue weighted by atomic mass is 16.4. The zero-order valence-corrected chi connectivity index (χ0v) is 5.89. The fraction of sp³-hybridized carbons (Fsp3) is 0. The van der Waals surface area contributed by atoms with Gasteiger partial charge in [0.2, 0.25) is 6.41 Å². The molecule has 1 rings (SSSR count). The summed E-state index contributed by atoms with van der Waals surface area (Å²) < 4.78 is 0. The van der Waals surface area contributed by atoms with Crippen molar-refractivity contribution in [2.75, 3.05) is 5.32 Å². The minimum absolute atomic E-state index is 0.0556. The van der Waals surface area contributed by atoms with Gasteiger partial charge in [-0.15, -0.1) is 0 Å². The maximum atomic E-state index is 10.4. The number of aromatic carboxylic acids is 1. The number of carbonyl (C=O) groups excluding carboxylic acids is 1. The highest BCUT2D eigenvalue weighted by Gasteiger charge is 2.10. The molecule has 0 atom stereocenters. The molecule has 0 radical (unpaired) electrons. The van der Waals surface area contributed by atoms with E-state index in [0.29, 0.717) is 6.41 Å². The van der Waals surface area contributed by atoms with Gasteiger partial charge in [-0.1, -0.05) is 0 Å². The van der Waals surface area contributed by atoms with Crippen LogP contribution >= 0.6 is 0 Å². The molecule has 1 aromatic rings. The predicted molar refractivity (Wildman–Crippen MR) is 38.7 cm³/mol. The number of nitrogens with zero attached hydrogens (tertiary/aromatic N) is 2. The first-order valence-electron chi connectivity index (χ1n) is 3.00. The first-order valence-corrected chi connectivity index (χ1v) is 3.00. The van der Waals surface area contributed by atoms with Crippen LogP contribution < -0.4 is 5.32 Å². The van der Waals surface area contributed by atoms with Gasteiger partial charge in [0, 0.05) is 12.4 Å². The van der Waals surface area contributed by atoms with Crippen LogP contribution in [0.15, 0.2) is 12.4 Å². The number of rotatable bonds is 3. The van der Waals surface area contributed by atoms with Crippen LogP contribution in [0.25, 0.3) is 0 Å². The second-order valence-electron chi connectivity index (χ2n) is 1.82. The number of hydrogen-bond donors (Lipinski definition) is 2. The molecule has 0 saturated carbocycles. The summed E-state index contributed by atoms with van der Waals surface area (Å²) in [6, 6.07) is 0. The molecular weight excluding hydrogens is 162 g/mol. The van der Waals surface area contributed by atoms with E-state index in [1.165, 1.54) is 12.4 Å². The van der Waals surface area contributed by atoms with Crippen molar-refractivity contribution >= 4 is 18.2 Å². The Morgan fingerprint density at radius 2 is 2.17 bits per heavy atom. The summed E-state index contributed by atoms with van der Waals surface area (Å²) in [5.41, 5.74) is -0.274. The Balaban J connectivity index is 3.07. The van der Waals surface area contributed by atoms with Crippen LogP contribution in [0.2, 0.25) is 0 Å². The average Bonchev–Trinajstić information content (AvgIpc) is 2.05. The van der Waals surface area contributed by atoms with Gasteiger partial charge in [-0.2, -0.15) is 0 Å². The first-order chi connectivity index (χ1) is 5.75. The molecule has 0 unspecified atom stereocenters. The van der Waals surface area contributed by atoms with Crippen LogP contribution in [0.4, 0.5) is 5.82 Å². The Hall–Kier alpha value is -1.98. The third kappa shape index (κ3) is 1.54. The second kappa shape index (κ2) is 3.42. The molecule has 0 aromatic carbocycles. The highest BCUT2D eigenvalue weighted by Crippen LogP contribution is 2.05. The quantitative estimate of drug-likeness (QED) is 0.605. The van der Waals surface area contributed by atoms with Crippen molar-refractivity contribution in [1.82, 2.24) is 9.97 Å². The molecule has 1 aromatic heterocycles. The lowest BCUT2D eigenvalue weighted by Crippen LogP contribution is -2.08. The lowest BCUT2D eigenvalue weighted by molar-refractivity contribution is -0.105. The van der Waals surface area contributed by atoms with E-state index in [1.807, 2.05) is 0 Å². The van der Waals surface area contributed by atoms with Gasteiger partial charge in [-0.05, 0) is 0 Å². The molecule has 62 valence electrons. The SMILES string of the molecule is O=CNc1nccnc1C(=O)O. The number of hydrogen-bond acceptors (Lipinski definition) is 4. The van der Waals surface area contributed by atoms with Gasteiger partial charge in [-0.25, -0.2) is 14.8 Å². The third-order valence-corrected chi connectivity index (χ3v) is 1.10. The number of carboxylic acids is 1. The predicted octanol–water partition coefficient (Wildman–Crippen LogP) is -0.257. The Morgan fingerprint density at radius 1 is 1.50 bits per heavy atom. The summed E-state index contributed by atoms with van der Waals surface area (Å²) in [5.74, 6) is -1.28. The van der Waals surface area contributed by atoms with Gasteiger partial charge >= 0.3 is 5.97 Å². The van der Waals surface area contributed by atoms with Crippen molar-refractivity contribution < 1.29 is 14.7 Å². The molecular formula is C6H5N3O3. The van der Waals surface area contributed by atoms with E-state index in [2.05, 4.69) is 15.3 Å². The fourth-order valence-electron chi connectivity index (χ4n) is 0.656. The van der Waals surface area contributed by atoms with Gasteiger partial charge in [-0.3, -0.25) is 4.79 Å². The van der Waals surface area contributed by atoms with Crippen LogP contribution in [0.1, 0.15) is 10.5 Å².